The van der Waals surface area contributed by atoms with Crippen LogP contribution >= 0.6 is 0 Å². The monoisotopic (exact) mass is 435 g/mol. The van der Waals surface area contributed by atoms with Crippen molar-refractivity contribution in [3.8, 4) is 0 Å². The number of urea groups is 1. The molecular weight excluding hydrogens is 406 g/mol. The van der Waals surface area contributed by atoms with E-state index in [1.807, 2.05) is 32.0 Å². The molecule has 0 fully saturated rings. The van der Waals surface area contributed by atoms with Crippen LogP contribution < -0.4 is 10.6 Å². The van der Waals surface area contributed by atoms with E-state index in [0.29, 0.717) is 34.6 Å². The van der Waals surface area contributed by atoms with E-state index in [0.717, 1.165) is 12.0 Å². The van der Waals surface area contributed by atoms with Gasteiger partial charge in [0, 0.05) is 23.5 Å². The SMILES string of the molecule is CCCN1C(=O)NC(c2cccc(NC(=O)c3ccc(C)cc3)c2)C(C(=O)OCC)=C1C. The zero-order valence-corrected chi connectivity index (χ0v) is 18.9. The molecular formula is C25H29N3O4. The molecule has 0 spiro atoms. The summed E-state index contributed by atoms with van der Waals surface area (Å²) in [4.78, 5) is 39.7. The lowest BCUT2D eigenvalue weighted by atomic mass is 9.94. The van der Waals surface area contributed by atoms with Gasteiger partial charge in [0.15, 0.2) is 0 Å². The molecule has 7 heteroatoms. The van der Waals surface area contributed by atoms with Gasteiger partial charge in [-0.2, -0.15) is 0 Å². The van der Waals surface area contributed by atoms with Crippen LogP contribution in [0.1, 0.15) is 54.7 Å². The normalized spacial score (nSPS) is 15.9. The first-order valence-electron chi connectivity index (χ1n) is 10.8. The number of allylic oxidation sites excluding steroid dienone is 1. The molecule has 1 unspecified atom stereocenters. The van der Waals surface area contributed by atoms with Gasteiger partial charge in [-0.05, 0) is 57.0 Å². The van der Waals surface area contributed by atoms with E-state index in [4.69, 9.17) is 4.74 Å². The molecule has 0 saturated heterocycles. The van der Waals surface area contributed by atoms with Crippen molar-refractivity contribution in [2.45, 2.75) is 40.2 Å². The Morgan fingerprint density at radius 2 is 1.81 bits per heavy atom. The maximum atomic E-state index is 12.8. The molecule has 0 saturated carbocycles. The summed E-state index contributed by atoms with van der Waals surface area (Å²) in [6.45, 7) is 8.17. The molecule has 0 aliphatic carbocycles. The van der Waals surface area contributed by atoms with Gasteiger partial charge in [0.2, 0.25) is 0 Å². The predicted octanol–water partition coefficient (Wildman–Crippen LogP) is 4.56. The molecule has 3 rings (SSSR count). The molecule has 1 heterocycles. The molecule has 2 aromatic rings. The van der Waals surface area contributed by atoms with Crippen LogP contribution in [0.3, 0.4) is 0 Å². The number of carbonyl (C=O) groups excluding carboxylic acids is 3. The fourth-order valence-corrected chi connectivity index (χ4v) is 3.70. The Morgan fingerprint density at radius 1 is 1.09 bits per heavy atom. The van der Waals surface area contributed by atoms with Crippen LogP contribution in [0.5, 0.6) is 0 Å². The molecule has 0 radical (unpaired) electrons. The second kappa shape index (κ2) is 10.1. The standard InChI is InChI=1S/C25H29N3O4/c1-5-14-28-17(4)21(24(30)32-6-2)22(27-25(28)31)19-8-7-9-20(15-19)26-23(29)18-12-10-16(3)11-13-18/h7-13,15,22H,5-6,14H2,1-4H3,(H,26,29)(H,27,31). The number of hydrogen-bond donors (Lipinski definition) is 2. The first-order valence-corrected chi connectivity index (χ1v) is 10.8. The Balaban J connectivity index is 1.93. The highest BCUT2D eigenvalue weighted by Crippen LogP contribution is 2.32. The fourth-order valence-electron chi connectivity index (χ4n) is 3.70. The number of nitrogens with zero attached hydrogens (tertiary/aromatic N) is 1. The van der Waals surface area contributed by atoms with Crippen molar-refractivity contribution in [1.29, 1.82) is 0 Å². The summed E-state index contributed by atoms with van der Waals surface area (Å²) in [6.07, 6.45) is 0.756. The van der Waals surface area contributed by atoms with Gasteiger partial charge in [-0.3, -0.25) is 9.69 Å². The van der Waals surface area contributed by atoms with Crippen molar-refractivity contribution in [2.24, 2.45) is 0 Å². The second-order valence-corrected chi connectivity index (χ2v) is 7.70. The van der Waals surface area contributed by atoms with Crippen LogP contribution in [0.25, 0.3) is 0 Å². The zero-order valence-electron chi connectivity index (χ0n) is 18.9. The minimum atomic E-state index is -0.675. The Morgan fingerprint density at radius 3 is 2.47 bits per heavy atom. The predicted molar refractivity (Wildman–Crippen MR) is 123 cm³/mol. The zero-order chi connectivity index (χ0) is 23.3. The first kappa shape index (κ1) is 23.1. The number of amides is 3. The summed E-state index contributed by atoms with van der Waals surface area (Å²) in [7, 11) is 0. The number of aryl methyl sites for hydroxylation is 1. The smallest absolute Gasteiger partial charge is 0.338 e. The van der Waals surface area contributed by atoms with Crippen LogP contribution in [0.2, 0.25) is 0 Å². The lowest BCUT2D eigenvalue weighted by molar-refractivity contribution is -0.139. The van der Waals surface area contributed by atoms with E-state index >= 15 is 0 Å². The third-order valence-electron chi connectivity index (χ3n) is 5.33. The highest BCUT2D eigenvalue weighted by Gasteiger charge is 2.36. The molecule has 1 aliphatic heterocycles. The fraction of sp³-hybridized carbons (Fsp3) is 0.320. The maximum Gasteiger partial charge on any atom is 0.338 e. The van der Waals surface area contributed by atoms with E-state index in [1.165, 1.54) is 0 Å². The van der Waals surface area contributed by atoms with Crippen molar-refractivity contribution in [3.05, 3.63) is 76.5 Å². The molecule has 1 atom stereocenters. The van der Waals surface area contributed by atoms with Crippen LogP contribution in [0, 0.1) is 6.92 Å². The third-order valence-corrected chi connectivity index (χ3v) is 5.33. The third kappa shape index (κ3) is 4.99. The topological polar surface area (TPSA) is 87.7 Å². The van der Waals surface area contributed by atoms with Crippen molar-refractivity contribution in [2.75, 3.05) is 18.5 Å². The number of nitrogens with one attached hydrogen (secondary N) is 2. The quantitative estimate of drug-likeness (QED) is 0.624. The highest BCUT2D eigenvalue weighted by molar-refractivity contribution is 6.04. The number of ether oxygens (including phenoxy) is 1. The van der Waals surface area contributed by atoms with Crippen LogP contribution in [-0.4, -0.2) is 36.0 Å². The number of anilines is 1. The molecule has 1 aliphatic rings. The molecule has 2 aromatic carbocycles. The Bertz CT molecular complexity index is 1040. The average Bonchev–Trinajstić information content (AvgIpc) is 2.77. The summed E-state index contributed by atoms with van der Waals surface area (Å²) < 4.78 is 5.28. The van der Waals surface area contributed by atoms with Crippen molar-refractivity contribution >= 4 is 23.6 Å². The largest absolute Gasteiger partial charge is 0.463 e. The molecule has 7 nitrogen and oxygen atoms in total. The maximum absolute atomic E-state index is 12.8. The number of carbonyl (C=O) groups is 3. The number of esters is 1. The summed E-state index contributed by atoms with van der Waals surface area (Å²) in [5.41, 5.74) is 3.83. The first-order chi connectivity index (χ1) is 15.3. The van der Waals surface area contributed by atoms with Crippen LogP contribution in [0.4, 0.5) is 10.5 Å². The summed E-state index contributed by atoms with van der Waals surface area (Å²) in [5, 5.41) is 5.81. The molecule has 168 valence electrons. The van der Waals surface area contributed by atoms with E-state index < -0.39 is 12.0 Å². The number of rotatable bonds is 7. The van der Waals surface area contributed by atoms with E-state index in [9.17, 15) is 14.4 Å². The Kier molecular flexibility index (Phi) is 7.30. The molecule has 3 amide bonds. The average molecular weight is 436 g/mol. The van der Waals surface area contributed by atoms with Crippen molar-refractivity contribution in [1.82, 2.24) is 10.2 Å². The van der Waals surface area contributed by atoms with Gasteiger partial charge in [0.1, 0.15) is 0 Å². The van der Waals surface area contributed by atoms with E-state index in [-0.39, 0.29) is 18.5 Å². The molecule has 32 heavy (non-hydrogen) atoms. The highest BCUT2D eigenvalue weighted by atomic mass is 16.5. The lowest BCUT2D eigenvalue weighted by Gasteiger charge is -2.35. The van der Waals surface area contributed by atoms with E-state index in [1.54, 1.807) is 49.1 Å². The molecule has 0 aromatic heterocycles. The summed E-state index contributed by atoms with van der Waals surface area (Å²) in [5.74, 6) is -0.702. The minimum Gasteiger partial charge on any atom is -0.463 e. The second-order valence-electron chi connectivity index (χ2n) is 7.70. The van der Waals surface area contributed by atoms with Gasteiger partial charge in [-0.25, -0.2) is 9.59 Å². The Labute approximate surface area is 188 Å². The molecule has 0 bridgehead atoms. The lowest BCUT2D eigenvalue weighted by Crippen LogP contribution is -2.48. The van der Waals surface area contributed by atoms with Gasteiger partial charge in [0.25, 0.3) is 5.91 Å². The van der Waals surface area contributed by atoms with E-state index in [2.05, 4.69) is 10.6 Å². The van der Waals surface area contributed by atoms with Crippen molar-refractivity contribution in [3.63, 3.8) is 0 Å². The summed E-state index contributed by atoms with van der Waals surface area (Å²) >= 11 is 0. The van der Waals surface area contributed by atoms with Crippen molar-refractivity contribution < 1.29 is 19.1 Å². The minimum absolute atomic E-state index is 0.233. The number of hydrogen-bond acceptors (Lipinski definition) is 4. The van der Waals surface area contributed by atoms with Gasteiger partial charge >= 0.3 is 12.0 Å². The van der Waals surface area contributed by atoms with Crippen LogP contribution in [0.15, 0.2) is 59.8 Å². The van der Waals surface area contributed by atoms with Gasteiger partial charge in [-0.1, -0.05) is 36.8 Å². The Hall–Kier alpha value is -3.61. The van der Waals surface area contributed by atoms with Gasteiger partial charge in [-0.15, -0.1) is 0 Å². The molecule has 2 N–H and O–H groups in total. The number of benzene rings is 2. The van der Waals surface area contributed by atoms with Gasteiger partial charge in [0.05, 0.1) is 18.2 Å². The summed E-state index contributed by atoms with van der Waals surface area (Å²) in [6, 6.07) is 13.5. The van der Waals surface area contributed by atoms with Gasteiger partial charge < -0.3 is 15.4 Å². The van der Waals surface area contributed by atoms with Crippen LogP contribution in [-0.2, 0) is 9.53 Å².